The second-order valence-corrected chi connectivity index (χ2v) is 9.62. The van der Waals surface area contributed by atoms with Crippen LogP contribution in [0.25, 0.3) is 10.9 Å². The number of benzene rings is 3. The molecule has 0 unspecified atom stereocenters. The van der Waals surface area contributed by atoms with Gasteiger partial charge in [-0.2, -0.15) is 0 Å². The third kappa shape index (κ3) is 7.19. The van der Waals surface area contributed by atoms with Gasteiger partial charge < -0.3 is 20.1 Å². The number of para-hydroxylation sites is 2. The van der Waals surface area contributed by atoms with E-state index < -0.39 is 0 Å². The summed E-state index contributed by atoms with van der Waals surface area (Å²) in [4.78, 5) is 33.3. The molecule has 37 heavy (non-hydrogen) atoms. The van der Waals surface area contributed by atoms with E-state index in [2.05, 4.69) is 16.4 Å². The summed E-state index contributed by atoms with van der Waals surface area (Å²) in [6, 6.07) is 23.1. The van der Waals surface area contributed by atoms with Gasteiger partial charge in [-0.15, -0.1) is 0 Å². The van der Waals surface area contributed by atoms with Crippen molar-refractivity contribution in [2.75, 3.05) is 25.0 Å². The SMILES string of the molecule is CC(C)CN(CC(=O)N(CCc1c[nH]c2ccccc12)Cc1ccc(F)cc1)C(=O)Nc1ccccc1. The van der Waals surface area contributed by atoms with E-state index in [0.29, 0.717) is 31.7 Å². The number of carbonyl (C=O) groups excluding carboxylic acids is 2. The summed E-state index contributed by atoms with van der Waals surface area (Å²) in [6.45, 7) is 5.22. The summed E-state index contributed by atoms with van der Waals surface area (Å²) in [7, 11) is 0. The summed E-state index contributed by atoms with van der Waals surface area (Å²) >= 11 is 0. The van der Waals surface area contributed by atoms with Crippen LogP contribution < -0.4 is 5.32 Å². The van der Waals surface area contributed by atoms with Gasteiger partial charge in [-0.05, 0) is 53.8 Å². The highest BCUT2D eigenvalue weighted by Gasteiger charge is 2.23. The number of rotatable bonds is 10. The summed E-state index contributed by atoms with van der Waals surface area (Å²) in [5.41, 5.74) is 3.68. The number of carbonyl (C=O) groups is 2. The molecule has 4 aromatic rings. The van der Waals surface area contributed by atoms with Crippen LogP contribution in [0, 0.1) is 11.7 Å². The highest BCUT2D eigenvalue weighted by Crippen LogP contribution is 2.19. The fourth-order valence-corrected chi connectivity index (χ4v) is 4.34. The molecule has 6 nitrogen and oxygen atoms in total. The topological polar surface area (TPSA) is 68.4 Å². The minimum absolute atomic E-state index is 0.0497. The molecule has 0 atom stereocenters. The molecule has 3 aromatic carbocycles. The molecule has 1 aromatic heterocycles. The average molecular weight is 501 g/mol. The zero-order valence-electron chi connectivity index (χ0n) is 21.3. The molecule has 0 saturated heterocycles. The molecule has 7 heteroatoms. The Bertz CT molecular complexity index is 1320. The van der Waals surface area contributed by atoms with Gasteiger partial charge in [0.2, 0.25) is 5.91 Å². The lowest BCUT2D eigenvalue weighted by Gasteiger charge is -2.29. The summed E-state index contributed by atoms with van der Waals surface area (Å²) in [6.07, 6.45) is 2.63. The van der Waals surface area contributed by atoms with Crippen LogP contribution in [0.15, 0.2) is 85.1 Å². The van der Waals surface area contributed by atoms with Crippen molar-refractivity contribution < 1.29 is 14.0 Å². The normalized spacial score (nSPS) is 11.0. The number of H-pyrrole nitrogens is 1. The van der Waals surface area contributed by atoms with Gasteiger partial charge in [-0.3, -0.25) is 4.79 Å². The van der Waals surface area contributed by atoms with Gasteiger partial charge in [0.05, 0.1) is 0 Å². The number of halogens is 1. The Labute approximate surface area is 217 Å². The first-order valence-corrected chi connectivity index (χ1v) is 12.6. The predicted octanol–water partition coefficient (Wildman–Crippen LogP) is 6.07. The van der Waals surface area contributed by atoms with Crippen LogP contribution in [0.1, 0.15) is 25.0 Å². The smallest absolute Gasteiger partial charge is 0.322 e. The number of aromatic nitrogens is 1. The Hall–Kier alpha value is -4.13. The van der Waals surface area contributed by atoms with Crippen molar-refractivity contribution in [1.29, 1.82) is 0 Å². The number of anilines is 1. The third-order valence-electron chi connectivity index (χ3n) is 6.19. The van der Waals surface area contributed by atoms with E-state index in [1.165, 1.54) is 12.1 Å². The first-order valence-electron chi connectivity index (χ1n) is 12.6. The first kappa shape index (κ1) is 25.9. The predicted molar refractivity (Wildman–Crippen MR) is 146 cm³/mol. The maximum atomic E-state index is 13.6. The van der Waals surface area contributed by atoms with Gasteiger partial charge in [0, 0.05) is 42.4 Å². The molecule has 1 heterocycles. The van der Waals surface area contributed by atoms with Gasteiger partial charge >= 0.3 is 6.03 Å². The quantitative estimate of drug-likeness (QED) is 0.278. The standard InChI is InChI=1S/C30H33FN4O2/c1-22(2)19-35(30(37)33-26-8-4-3-5-9-26)21-29(36)34(20-23-12-14-25(31)15-13-23)17-16-24-18-32-28-11-7-6-10-27(24)28/h3-15,18,22,32H,16-17,19-21H2,1-2H3,(H,33,37). The Morgan fingerprint density at radius 1 is 0.919 bits per heavy atom. The van der Waals surface area contributed by atoms with Gasteiger partial charge in [0.15, 0.2) is 0 Å². The van der Waals surface area contributed by atoms with Crippen molar-refractivity contribution >= 4 is 28.5 Å². The van der Waals surface area contributed by atoms with E-state index in [1.54, 1.807) is 21.9 Å². The van der Waals surface area contributed by atoms with Crippen LogP contribution in [-0.2, 0) is 17.8 Å². The summed E-state index contributed by atoms with van der Waals surface area (Å²) < 4.78 is 13.5. The van der Waals surface area contributed by atoms with Crippen LogP contribution in [0.2, 0.25) is 0 Å². The molecule has 0 radical (unpaired) electrons. The van der Waals surface area contributed by atoms with E-state index >= 15 is 0 Å². The van der Waals surface area contributed by atoms with Gasteiger partial charge in [-0.25, -0.2) is 9.18 Å². The van der Waals surface area contributed by atoms with Gasteiger partial charge in [0.1, 0.15) is 12.4 Å². The molecule has 0 fully saturated rings. The number of amides is 3. The number of hydrogen-bond donors (Lipinski definition) is 2. The van der Waals surface area contributed by atoms with Crippen LogP contribution in [-0.4, -0.2) is 46.4 Å². The molecule has 192 valence electrons. The maximum Gasteiger partial charge on any atom is 0.322 e. The van der Waals surface area contributed by atoms with Crippen LogP contribution in [0.5, 0.6) is 0 Å². The molecule has 4 rings (SSSR count). The Morgan fingerprint density at radius 2 is 1.62 bits per heavy atom. The molecule has 0 aliphatic rings. The van der Waals surface area contributed by atoms with Gasteiger partial charge in [0.25, 0.3) is 0 Å². The van der Waals surface area contributed by atoms with Crippen LogP contribution in [0.3, 0.4) is 0 Å². The minimum Gasteiger partial charge on any atom is -0.361 e. The fourth-order valence-electron chi connectivity index (χ4n) is 4.34. The Balaban J connectivity index is 1.51. The zero-order valence-corrected chi connectivity index (χ0v) is 21.3. The van der Waals surface area contributed by atoms with Crippen molar-refractivity contribution in [2.45, 2.75) is 26.8 Å². The molecular weight excluding hydrogens is 467 g/mol. The number of nitrogens with zero attached hydrogens (tertiary/aromatic N) is 2. The van der Waals surface area contributed by atoms with Crippen molar-refractivity contribution in [3.63, 3.8) is 0 Å². The van der Waals surface area contributed by atoms with E-state index in [9.17, 15) is 14.0 Å². The van der Waals surface area contributed by atoms with E-state index in [1.807, 2.05) is 68.6 Å². The number of nitrogens with one attached hydrogen (secondary N) is 2. The Morgan fingerprint density at radius 3 is 2.35 bits per heavy atom. The molecular formula is C30H33FN4O2. The molecule has 2 N–H and O–H groups in total. The molecule has 0 saturated carbocycles. The fraction of sp³-hybridized carbons (Fsp3) is 0.267. The van der Waals surface area contributed by atoms with Crippen molar-refractivity contribution in [1.82, 2.24) is 14.8 Å². The lowest BCUT2D eigenvalue weighted by atomic mass is 10.1. The average Bonchev–Trinajstić information content (AvgIpc) is 3.30. The molecule has 0 spiro atoms. The summed E-state index contributed by atoms with van der Waals surface area (Å²) in [5, 5.41) is 4.02. The second kappa shape index (κ2) is 12.2. The molecule has 0 bridgehead atoms. The van der Waals surface area contributed by atoms with E-state index in [4.69, 9.17) is 0 Å². The lowest BCUT2D eigenvalue weighted by Crippen LogP contribution is -2.46. The third-order valence-corrected chi connectivity index (χ3v) is 6.19. The maximum absolute atomic E-state index is 13.6. The van der Waals surface area contributed by atoms with Crippen molar-refractivity contribution in [3.8, 4) is 0 Å². The van der Waals surface area contributed by atoms with Gasteiger partial charge in [-0.1, -0.05) is 62.4 Å². The first-order chi connectivity index (χ1) is 17.9. The number of hydrogen-bond acceptors (Lipinski definition) is 2. The molecule has 0 aliphatic carbocycles. The zero-order chi connectivity index (χ0) is 26.2. The number of urea groups is 1. The lowest BCUT2D eigenvalue weighted by molar-refractivity contribution is -0.132. The number of fused-ring (bicyclic) bond motifs is 1. The largest absolute Gasteiger partial charge is 0.361 e. The van der Waals surface area contributed by atoms with Crippen LogP contribution >= 0.6 is 0 Å². The highest BCUT2D eigenvalue weighted by molar-refractivity contribution is 5.92. The van der Waals surface area contributed by atoms with E-state index in [-0.39, 0.29) is 30.2 Å². The molecule has 3 amide bonds. The highest BCUT2D eigenvalue weighted by atomic mass is 19.1. The Kier molecular flexibility index (Phi) is 8.56. The monoisotopic (exact) mass is 500 g/mol. The number of aromatic amines is 1. The summed E-state index contributed by atoms with van der Waals surface area (Å²) in [5.74, 6) is -0.291. The van der Waals surface area contributed by atoms with Crippen LogP contribution in [0.4, 0.5) is 14.9 Å². The minimum atomic E-state index is -0.318. The molecule has 0 aliphatic heterocycles. The van der Waals surface area contributed by atoms with E-state index in [0.717, 1.165) is 22.0 Å². The van der Waals surface area contributed by atoms with Crippen molar-refractivity contribution in [2.24, 2.45) is 5.92 Å². The second-order valence-electron chi connectivity index (χ2n) is 9.62. The van der Waals surface area contributed by atoms with Crippen molar-refractivity contribution in [3.05, 3.63) is 102 Å².